The van der Waals surface area contributed by atoms with Crippen molar-refractivity contribution in [3.05, 3.63) is 52.2 Å². The zero-order valence-corrected chi connectivity index (χ0v) is 18.3. The van der Waals surface area contributed by atoms with Crippen LogP contribution >= 0.6 is 11.3 Å². The van der Waals surface area contributed by atoms with Crippen LogP contribution < -0.4 is 4.90 Å². The van der Waals surface area contributed by atoms with Crippen LogP contribution in [-0.2, 0) is 20.7 Å². The van der Waals surface area contributed by atoms with Gasteiger partial charge in [0.15, 0.2) is 11.5 Å². The van der Waals surface area contributed by atoms with Gasteiger partial charge in [-0.25, -0.2) is 4.39 Å². The molecule has 5 rings (SSSR count). The first-order chi connectivity index (χ1) is 14.9. The van der Waals surface area contributed by atoms with Crippen LogP contribution in [0.5, 0.6) is 0 Å². The largest absolute Gasteiger partial charge is 0.483 e. The third-order valence-electron chi connectivity index (χ3n) is 6.14. The number of anilines is 1. The van der Waals surface area contributed by atoms with Crippen molar-refractivity contribution >= 4 is 28.2 Å². The lowest BCUT2D eigenvalue weighted by Crippen LogP contribution is -2.42. The normalized spacial score (nSPS) is 28.1. The van der Waals surface area contributed by atoms with Gasteiger partial charge in [0.05, 0.1) is 17.5 Å². The molecule has 0 radical (unpaired) electrons. The van der Waals surface area contributed by atoms with Gasteiger partial charge in [-0.05, 0) is 30.7 Å². The number of amides is 1. The predicted octanol–water partition coefficient (Wildman–Crippen LogP) is 4.18. The Kier molecular flexibility index (Phi) is 5.12. The number of alkyl halides is 1. The smallest absolute Gasteiger partial charge is 0.296 e. The molecule has 3 aliphatic rings. The highest BCUT2D eigenvalue weighted by Gasteiger charge is 2.54. The van der Waals surface area contributed by atoms with Crippen LogP contribution in [0.15, 0.2) is 41.7 Å². The summed E-state index contributed by atoms with van der Waals surface area (Å²) in [5.74, 6) is -0.589. The lowest BCUT2D eigenvalue weighted by atomic mass is 9.77. The number of hydrogen-bond donors (Lipinski definition) is 0. The maximum absolute atomic E-state index is 14.1. The Labute approximate surface area is 184 Å². The van der Waals surface area contributed by atoms with E-state index in [1.54, 1.807) is 0 Å². The van der Waals surface area contributed by atoms with E-state index in [1.807, 2.05) is 30.3 Å². The molecule has 0 saturated heterocycles. The molecule has 4 unspecified atom stereocenters. The summed E-state index contributed by atoms with van der Waals surface area (Å²) in [5.41, 5.74) is 1.12. The number of fused-ring (bicyclic) bond motifs is 1. The lowest BCUT2D eigenvalue weighted by Gasteiger charge is -2.36. The number of halogens is 1. The molecular formula is C23H24FN3O3S. The molecule has 1 amide bonds. The zero-order chi connectivity index (χ0) is 21.7. The summed E-state index contributed by atoms with van der Waals surface area (Å²) in [7, 11) is 0. The third-order valence-corrected chi connectivity index (χ3v) is 7.09. The second-order valence-electron chi connectivity index (χ2n) is 8.84. The molecule has 4 atom stereocenters. The monoisotopic (exact) mass is 441 g/mol. The molecule has 2 aromatic rings. The number of ether oxygens (including phenoxy) is 1. The van der Waals surface area contributed by atoms with Crippen LogP contribution in [0.4, 0.5) is 9.52 Å². The highest BCUT2D eigenvalue weighted by molar-refractivity contribution is 7.15. The van der Waals surface area contributed by atoms with Crippen LogP contribution in [-0.4, -0.2) is 34.2 Å². The van der Waals surface area contributed by atoms with Crippen molar-refractivity contribution in [1.82, 2.24) is 10.2 Å². The van der Waals surface area contributed by atoms with Crippen molar-refractivity contribution in [2.24, 2.45) is 11.8 Å². The van der Waals surface area contributed by atoms with Crippen LogP contribution in [0.3, 0.4) is 0 Å². The molecule has 3 heterocycles. The molecule has 1 fully saturated rings. The average Bonchev–Trinajstić information content (AvgIpc) is 3.31. The number of carbonyl (C=O) groups excluding carboxylic acids is 2. The Morgan fingerprint density at radius 2 is 1.97 bits per heavy atom. The first-order valence-corrected chi connectivity index (χ1v) is 11.6. The number of nitrogens with zero attached hydrogens (tertiary/aromatic N) is 3. The number of carbonyl (C=O) groups is 2. The second-order valence-corrected chi connectivity index (χ2v) is 9.89. The second kappa shape index (κ2) is 7.82. The van der Waals surface area contributed by atoms with Gasteiger partial charge in [-0.2, -0.15) is 0 Å². The Bertz CT molecular complexity index is 1050. The minimum Gasteiger partial charge on any atom is -0.483 e. The highest BCUT2D eigenvalue weighted by Crippen LogP contribution is 2.48. The molecule has 1 saturated carbocycles. The molecule has 0 bridgehead atoms. The molecule has 162 valence electrons. The predicted molar refractivity (Wildman–Crippen MR) is 114 cm³/mol. The topological polar surface area (TPSA) is 72.4 Å². The lowest BCUT2D eigenvalue weighted by molar-refractivity contribution is -0.133. The van der Waals surface area contributed by atoms with Gasteiger partial charge in [0, 0.05) is 6.42 Å². The standard InChI is InChI=1S/C23H24FN3O3S/c1-12(2)10-17-25-26-23(31-17)27-19(13-6-4-3-5-7-13)18-20(28)15-11-14(24)8-9-16(15)30-21(18)22(27)29/h3-7,12,14-16,19H,8-11H2,1-2H3. The van der Waals surface area contributed by atoms with E-state index in [1.165, 1.54) is 16.2 Å². The van der Waals surface area contributed by atoms with Crippen molar-refractivity contribution in [3.63, 3.8) is 0 Å². The number of rotatable bonds is 4. The van der Waals surface area contributed by atoms with Crippen LogP contribution in [0.2, 0.25) is 0 Å². The first-order valence-electron chi connectivity index (χ1n) is 10.7. The summed E-state index contributed by atoms with van der Waals surface area (Å²) >= 11 is 1.36. The van der Waals surface area contributed by atoms with E-state index in [9.17, 15) is 14.0 Å². The van der Waals surface area contributed by atoms with Crippen LogP contribution in [0.1, 0.15) is 49.7 Å². The molecule has 1 aromatic heterocycles. The van der Waals surface area contributed by atoms with Crippen molar-refractivity contribution in [2.75, 3.05) is 4.90 Å². The Balaban J connectivity index is 1.58. The maximum atomic E-state index is 14.1. The Morgan fingerprint density at radius 3 is 2.71 bits per heavy atom. The van der Waals surface area contributed by atoms with Gasteiger partial charge >= 0.3 is 0 Å². The minimum absolute atomic E-state index is 0.0954. The average molecular weight is 442 g/mol. The van der Waals surface area contributed by atoms with E-state index in [-0.39, 0.29) is 23.9 Å². The van der Waals surface area contributed by atoms with Crippen molar-refractivity contribution in [1.29, 1.82) is 0 Å². The fourth-order valence-corrected chi connectivity index (χ4v) is 5.81. The van der Waals surface area contributed by atoms with Gasteiger partial charge < -0.3 is 4.74 Å². The molecule has 31 heavy (non-hydrogen) atoms. The van der Waals surface area contributed by atoms with E-state index in [0.29, 0.717) is 29.5 Å². The summed E-state index contributed by atoms with van der Waals surface area (Å²) in [6.07, 6.45) is 0.250. The Morgan fingerprint density at radius 1 is 1.19 bits per heavy atom. The molecule has 2 aliphatic heterocycles. The van der Waals surface area contributed by atoms with Crippen molar-refractivity contribution in [2.45, 2.75) is 57.8 Å². The summed E-state index contributed by atoms with van der Waals surface area (Å²) < 4.78 is 20.2. The van der Waals surface area contributed by atoms with Gasteiger partial charge in [-0.15, -0.1) is 10.2 Å². The quantitative estimate of drug-likeness (QED) is 0.712. The van der Waals surface area contributed by atoms with E-state index in [2.05, 4.69) is 24.0 Å². The summed E-state index contributed by atoms with van der Waals surface area (Å²) in [4.78, 5) is 28.6. The van der Waals surface area contributed by atoms with Crippen molar-refractivity contribution < 1.29 is 18.7 Å². The first kappa shape index (κ1) is 20.3. The molecule has 6 nitrogen and oxygen atoms in total. The molecule has 0 N–H and O–H groups in total. The van der Waals surface area contributed by atoms with Gasteiger partial charge in [0.1, 0.15) is 17.3 Å². The number of Topliss-reactive ketones (excluding diaryl/α,β-unsaturated/α-hetero) is 1. The van der Waals surface area contributed by atoms with Gasteiger partial charge in [-0.1, -0.05) is 55.5 Å². The molecule has 0 spiro atoms. The fourth-order valence-electron chi connectivity index (χ4n) is 4.74. The molecule has 8 heteroatoms. The van der Waals surface area contributed by atoms with E-state index < -0.39 is 24.2 Å². The number of ketones is 1. The van der Waals surface area contributed by atoms with E-state index in [4.69, 9.17) is 4.74 Å². The molecular weight excluding hydrogens is 417 g/mol. The van der Waals surface area contributed by atoms with Gasteiger partial charge in [-0.3, -0.25) is 14.5 Å². The minimum atomic E-state index is -1.01. The Hall–Kier alpha value is -2.61. The highest BCUT2D eigenvalue weighted by atomic mass is 32.1. The van der Waals surface area contributed by atoms with Gasteiger partial charge in [0.2, 0.25) is 5.13 Å². The number of aromatic nitrogens is 2. The third kappa shape index (κ3) is 3.46. The van der Waals surface area contributed by atoms with Gasteiger partial charge in [0.25, 0.3) is 5.91 Å². The number of hydrogen-bond acceptors (Lipinski definition) is 6. The maximum Gasteiger partial charge on any atom is 0.296 e. The zero-order valence-electron chi connectivity index (χ0n) is 17.5. The fraction of sp³-hybridized carbons (Fsp3) is 0.478. The van der Waals surface area contributed by atoms with Crippen LogP contribution in [0.25, 0.3) is 0 Å². The summed E-state index contributed by atoms with van der Waals surface area (Å²) in [5, 5.41) is 9.84. The SMILES string of the molecule is CC(C)Cc1nnc(N2C(=O)C3=C(C(=O)C4CC(F)CCC4O3)C2c2ccccc2)s1. The number of benzene rings is 1. The summed E-state index contributed by atoms with van der Waals surface area (Å²) in [6.45, 7) is 4.20. The molecule has 1 aromatic carbocycles. The van der Waals surface area contributed by atoms with E-state index >= 15 is 0 Å². The van der Waals surface area contributed by atoms with E-state index in [0.717, 1.165) is 17.0 Å². The summed E-state index contributed by atoms with van der Waals surface area (Å²) in [6, 6.07) is 8.75. The molecule has 1 aliphatic carbocycles. The van der Waals surface area contributed by atoms with Crippen LogP contribution in [0, 0.1) is 11.8 Å². The van der Waals surface area contributed by atoms with Crippen molar-refractivity contribution in [3.8, 4) is 0 Å².